The highest BCUT2D eigenvalue weighted by molar-refractivity contribution is 7.89. The van der Waals surface area contributed by atoms with Crippen molar-refractivity contribution >= 4 is 15.7 Å². The average Bonchev–Trinajstić information content (AvgIpc) is 2.70. The Balaban J connectivity index is 2.09. The number of nitrogens with zero attached hydrogens (tertiary/aromatic N) is 1. The van der Waals surface area contributed by atoms with Gasteiger partial charge in [-0.25, -0.2) is 13.6 Å². The van der Waals surface area contributed by atoms with E-state index in [1.165, 1.54) is 0 Å². The zero-order chi connectivity index (χ0) is 14.0. The van der Waals surface area contributed by atoms with E-state index in [0.29, 0.717) is 6.61 Å². The summed E-state index contributed by atoms with van der Waals surface area (Å²) in [5.41, 5.74) is 2.12. The number of fused-ring (bicyclic) bond motifs is 1. The molecule has 1 aromatic rings. The molecule has 0 atom stereocenters. The number of rotatable bonds is 5. The third kappa shape index (κ3) is 3.46. The van der Waals surface area contributed by atoms with Crippen LogP contribution in [0.15, 0.2) is 23.1 Å². The van der Waals surface area contributed by atoms with Gasteiger partial charge in [-0.2, -0.15) is 0 Å². The van der Waals surface area contributed by atoms with Crippen LogP contribution in [0.5, 0.6) is 0 Å². The predicted octanol–water partition coefficient (Wildman–Crippen LogP) is 1.12. The first-order chi connectivity index (χ1) is 8.88. The van der Waals surface area contributed by atoms with Crippen LogP contribution in [0.3, 0.4) is 0 Å². The summed E-state index contributed by atoms with van der Waals surface area (Å²) in [5.74, 6) is 0. The van der Waals surface area contributed by atoms with Gasteiger partial charge >= 0.3 is 0 Å². The van der Waals surface area contributed by atoms with Crippen LogP contribution in [0.4, 0.5) is 5.69 Å². The molecular weight excluding hydrogens is 264 g/mol. The lowest BCUT2D eigenvalue weighted by Gasteiger charge is -2.20. The van der Waals surface area contributed by atoms with Gasteiger partial charge in [-0.15, -0.1) is 0 Å². The molecule has 0 aromatic heterocycles. The molecule has 0 unspecified atom stereocenters. The van der Waals surface area contributed by atoms with Crippen molar-refractivity contribution in [3.63, 3.8) is 0 Å². The number of primary sulfonamides is 1. The molecule has 2 rings (SSSR count). The fourth-order valence-corrected chi connectivity index (χ4v) is 2.82. The van der Waals surface area contributed by atoms with Crippen molar-refractivity contribution in [2.45, 2.75) is 31.3 Å². The van der Waals surface area contributed by atoms with E-state index in [-0.39, 0.29) is 11.0 Å². The minimum atomic E-state index is -3.61. The molecule has 19 heavy (non-hydrogen) atoms. The maximum Gasteiger partial charge on any atom is 0.238 e. The first kappa shape index (κ1) is 14.3. The van der Waals surface area contributed by atoms with Crippen LogP contribution >= 0.6 is 0 Å². The lowest BCUT2D eigenvalue weighted by atomic mass is 10.2. The summed E-state index contributed by atoms with van der Waals surface area (Å²) in [7, 11) is -3.61. The number of nitrogens with two attached hydrogens (primary N) is 1. The molecular formula is C13H20N2O3S. The fourth-order valence-electron chi connectivity index (χ4n) is 2.25. The van der Waals surface area contributed by atoms with Crippen molar-refractivity contribution in [2.24, 2.45) is 5.14 Å². The normalized spacial score (nSPS) is 15.1. The van der Waals surface area contributed by atoms with Crippen molar-refractivity contribution in [2.75, 3.05) is 24.6 Å². The molecule has 2 N–H and O–H groups in total. The first-order valence-electron chi connectivity index (χ1n) is 6.40. The third-order valence-corrected chi connectivity index (χ3v) is 4.09. The van der Waals surface area contributed by atoms with Crippen LogP contribution in [0.1, 0.15) is 19.4 Å². The minimum absolute atomic E-state index is 0.187. The smallest absolute Gasteiger partial charge is 0.238 e. The van der Waals surface area contributed by atoms with E-state index in [4.69, 9.17) is 9.88 Å². The molecule has 6 heteroatoms. The van der Waals surface area contributed by atoms with Crippen molar-refractivity contribution in [3.05, 3.63) is 23.8 Å². The molecule has 1 heterocycles. The van der Waals surface area contributed by atoms with E-state index in [9.17, 15) is 8.42 Å². The highest BCUT2D eigenvalue weighted by atomic mass is 32.2. The number of anilines is 1. The maximum absolute atomic E-state index is 11.3. The Hall–Kier alpha value is -1.11. The van der Waals surface area contributed by atoms with Crippen LogP contribution in [-0.2, 0) is 21.2 Å². The van der Waals surface area contributed by atoms with Crippen LogP contribution in [0.25, 0.3) is 0 Å². The fraction of sp³-hybridized carbons (Fsp3) is 0.538. The second-order valence-corrected chi connectivity index (χ2v) is 6.55. The van der Waals surface area contributed by atoms with Crippen molar-refractivity contribution in [1.82, 2.24) is 0 Å². The largest absolute Gasteiger partial charge is 0.377 e. The van der Waals surface area contributed by atoms with Gasteiger partial charge in [0, 0.05) is 18.8 Å². The lowest BCUT2D eigenvalue weighted by Crippen LogP contribution is -2.26. The summed E-state index contributed by atoms with van der Waals surface area (Å²) in [6.07, 6.45) is 1.08. The topological polar surface area (TPSA) is 72.6 Å². The van der Waals surface area contributed by atoms with Gasteiger partial charge in [-0.1, -0.05) is 0 Å². The van der Waals surface area contributed by atoms with Gasteiger partial charge in [-0.05, 0) is 44.0 Å². The van der Waals surface area contributed by atoms with Crippen LogP contribution in [0.2, 0.25) is 0 Å². The predicted molar refractivity (Wildman–Crippen MR) is 74.8 cm³/mol. The van der Waals surface area contributed by atoms with E-state index in [2.05, 4.69) is 4.90 Å². The second kappa shape index (κ2) is 5.48. The third-order valence-electron chi connectivity index (χ3n) is 3.18. The van der Waals surface area contributed by atoms with Gasteiger partial charge < -0.3 is 9.64 Å². The summed E-state index contributed by atoms with van der Waals surface area (Å²) in [6.45, 7) is 6.41. The Morgan fingerprint density at radius 2 is 2.16 bits per heavy atom. The summed E-state index contributed by atoms with van der Waals surface area (Å²) in [4.78, 5) is 2.40. The van der Waals surface area contributed by atoms with E-state index in [1.54, 1.807) is 12.1 Å². The van der Waals surface area contributed by atoms with Gasteiger partial charge in [0.15, 0.2) is 0 Å². The van der Waals surface area contributed by atoms with Crippen LogP contribution in [0, 0.1) is 0 Å². The van der Waals surface area contributed by atoms with E-state index in [0.717, 1.165) is 30.8 Å². The molecule has 1 aliphatic rings. The molecule has 0 bridgehead atoms. The van der Waals surface area contributed by atoms with Gasteiger partial charge in [0.2, 0.25) is 10.0 Å². The average molecular weight is 284 g/mol. The molecule has 0 amide bonds. The summed E-state index contributed by atoms with van der Waals surface area (Å²) in [5, 5.41) is 5.14. The first-order valence-corrected chi connectivity index (χ1v) is 7.95. The number of hydrogen-bond donors (Lipinski definition) is 1. The molecule has 0 saturated heterocycles. The Morgan fingerprint density at radius 1 is 1.42 bits per heavy atom. The van der Waals surface area contributed by atoms with Crippen LogP contribution < -0.4 is 10.0 Å². The second-order valence-electron chi connectivity index (χ2n) is 4.99. The number of ether oxygens (including phenoxy) is 1. The minimum Gasteiger partial charge on any atom is -0.377 e. The molecule has 0 fully saturated rings. The quantitative estimate of drug-likeness (QED) is 0.879. The van der Waals surface area contributed by atoms with E-state index < -0.39 is 10.0 Å². The Morgan fingerprint density at radius 3 is 2.79 bits per heavy atom. The van der Waals surface area contributed by atoms with Gasteiger partial charge in [0.05, 0.1) is 17.6 Å². The van der Waals surface area contributed by atoms with E-state index >= 15 is 0 Å². The van der Waals surface area contributed by atoms with Crippen LogP contribution in [-0.4, -0.2) is 34.2 Å². The number of benzene rings is 1. The van der Waals surface area contributed by atoms with Gasteiger partial charge in [-0.3, -0.25) is 0 Å². The Bertz CT molecular complexity index is 555. The summed E-state index contributed by atoms with van der Waals surface area (Å²) < 4.78 is 28.2. The lowest BCUT2D eigenvalue weighted by molar-refractivity contribution is 0.0843. The van der Waals surface area contributed by atoms with Gasteiger partial charge in [0.1, 0.15) is 0 Å². The zero-order valence-electron chi connectivity index (χ0n) is 11.3. The molecule has 0 spiro atoms. The standard InChI is InChI=1S/C13H20N2O3S/c1-10(2)18-8-7-15-6-5-11-9-12(19(14,16)17)3-4-13(11)15/h3-4,9-10H,5-8H2,1-2H3,(H2,14,16,17). The molecule has 106 valence electrons. The highest BCUT2D eigenvalue weighted by Gasteiger charge is 2.21. The Kier molecular flexibility index (Phi) is 4.13. The van der Waals surface area contributed by atoms with Crippen molar-refractivity contribution in [3.8, 4) is 0 Å². The molecule has 1 aromatic carbocycles. The Labute approximate surface area is 114 Å². The number of hydrogen-bond acceptors (Lipinski definition) is 4. The highest BCUT2D eigenvalue weighted by Crippen LogP contribution is 2.29. The molecule has 5 nitrogen and oxygen atoms in total. The monoisotopic (exact) mass is 284 g/mol. The zero-order valence-corrected chi connectivity index (χ0v) is 12.1. The van der Waals surface area contributed by atoms with Crippen molar-refractivity contribution < 1.29 is 13.2 Å². The summed E-state index contributed by atoms with van der Waals surface area (Å²) >= 11 is 0. The molecule has 0 radical (unpaired) electrons. The SMILES string of the molecule is CC(C)OCCN1CCc2cc(S(N)(=O)=O)ccc21. The number of sulfonamides is 1. The maximum atomic E-state index is 11.3. The van der Waals surface area contributed by atoms with Crippen molar-refractivity contribution in [1.29, 1.82) is 0 Å². The summed E-state index contributed by atoms with van der Waals surface area (Å²) in [6, 6.07) is 5.07. The molecule has 1 aliphatic heterocycles. The van der Waals surface area contributed by atoms with Gasteiger partial charge in [0.25, 0.3) is 0 Å². The molecule has 0 aliphatic carbocycles. The van der Waals surface area contributed by atoms with E-state index in [1.807, 2.05) is 19.9 Å². The molecule has 0 saturated carbocycles.